The van der Waals surface area contributed by atoms with Crippen molar-refractivity contribution >= 4 is 46.0 Å². The van der Waals surface area contributed by atoms with Gasteiger partial charge >= 0.3 is 0 Å². The van der Waals surface area contributed by atoms with Crippen LogP contribution in [0.1, 0.15) is 30.5 Å². The van der Waals surface area contributed by atoms with E-state index in [0.29, 0.717) is 28.5 Å². The molecule has 0 saturated carbocycles. The van der Waals surface area contributed by atoms with Crippen molar-refractivity contribution < 1.29 is 9.59 Å². The largest absolute Gasteiger partial charge is 0.324 e. The molecule has 0 fully saturated rings. The van der Waals surface area contributed by atoms with Crippen molar-refractivity contribution in [1.29, 1.82) is 5.41 Å². The average Bonchev–Trinajstić information content (AvgIpc) is 3.30. The molecule has 4 aromatic rings. The van der Waals surface area contributed by atoms with E-state index in [4.69, 9.17) is 5.41 Å². The summed E-state index contributed by atoms with van der Waals surface area (Å²) in [4.78, 5) is 25.8. The van der Waals surface area contributed by atoms with Gasteiger partial charge in [-0.3, -0.25) is 9.59 Å². The second kappa shape index (κ2) is 13.3. The molecule has 0 radical (unpaired) electrons. The summed E-state index contributed by atoms with van der Waals surface area (Å²) in [6.45, 7) is 9.18. The maximum absolute atomic E-state index is 13.0. The summed E-state index contributed by atoms with van der Waals surface area (Å²) in [6.07, 6.45) is 0. The van der Waals surface area contributed by atoms with Gasteiger partial charge in [0.15, 0.2) is 12.1 Å². The van der Waals surface area contributed by atoms with Crippen LogP contribution in [0.25, 0.3) is 11.1 Å². The highest BCUT2D eigenvalue weighted by Crippen LogP contribution is 2.31. The molecule has 0 bridgehead atoms. The number of nitrogens with one attached hydrogen (secondary N) is 2. The van der Waals surface area contributed by atoms with Crippen LogP contribution in [0.2, 0.25) is 0 Å². The van der Waals surface area contributed by atoms with Gasteiger partial charge in [0.1, 0.15) is 0 Å². The molecular weight excluding hydrogens is 564 g/mol. The number of hydrazone groups is 1. The molecule has 5 rings (SSSR count). The molecule has 45 heavy (non-hydrogen) atoms. The number of azo groups is 2. The summed E-state index contributed by atoms with van der Waals surface area (Å²) in [7, 11) is 0. The minimum atomic E-state index is -1.03. The van der Waals surface area contributed by atoms with Crippen molar-refractivity contribution in [2.45, 2.75) is 46.7 Å². The standard InChI is InChI=1S/C35H34N8O2/c1-21-11-15-29(16-12-21)43-35(45)33(25(5)42-43)41-39-31-18-14-27(20-23(31)3)26-13-17-30(22(2)19-26)38-40-32(24(4)36)34(44)37-28-9-7-6-8-10-28/h6-20,32-33,36H,1-5H3,(H,37,44). The van der Waals surface area contributed by atoms with Crippen molar-refractivity contribution in [1.82, 2.24) is 0 Å². The van der Waals surface area contributed by atoms with Crippen LogP contribution < -0.4 is 10.3 Å². The average molecular weight is 599 g/mol. The highest BCUT2D eigenvalue weighted by atomic mass is 16.2. The maximum atomic E-state index is 13.0. The molecule has 0 aromatic heterocycles. The molecule has 2 N–H and O–H groups in total. The molecule has 2 unspecified atom stereocenters. The minimum Gasteiger partial charge on any atom is -0.324 e. The molecule has 4 aromatic carbocycles. The number of hydrogen-bond acceptors (Lipinski definition) is 8. The van der Waals surface area contributed by atoms with Gasteiger partial charge in [0.2, 0.25) is 0 Å². The van der Waals surface area contributed by atoms with E-state index in [1.165, 1.54) is 11.9 Å². The van der Waals surface area contributed by atoms with Gasteiger partial charge in [0.25, 0.3) is 11.8 Å². The predicted octanol–water partition coefficient (Wildman–Crippen LogP) is 8.28. The van der Waals surface area contributed by atoms with Gasteiger partial charge in [-0.2, -0.15) is 30.6 Å². The number of carbonyl (C=O) groups is 2. The molecule has 10 nitrogen and oxygen atoms in total. The van der Waals surface area contributed by atoms with Crippen LogP contribution in [-0.2, 0) is 9.59 Å². The Balaban J connectivity index is 1.27. The van der Waals surface area contributed by atoms with Gasteiger partial charge in [0.05, 0.1) is 22.8 Å². The first-order valence-corrected chi connectivity index (χ1v) is 14.5. The topological polar surface area (TPSA) is 135 Å². The molecule has 1 aliphatic heterocycles. The SMILES string of the molecule is CC(=N)C(N=Nc1ccc(-c2ccc(N=NC3C(=O)N(c4ccc(C)cc4)N=C3C)c(C)c2)cc1C)C(=O)Nc1ccccc1. The smallest absolute Gasteiger partial charge is 0.280 e. The molecule has 2 atom stereocenters. The molecule has 226 valence electrons. The normalized spacial score (nSPS) is 15.5. The quantitative estimate of drug-likeness (QED) is 0.148. The van der Waals surface area contributed by atoms with E-state index >= 15 is 0 Å². The Morgan fingerprint density at radius 1 is 0.844 bits per heavy atom. The minimum absolute atomic E-state index is 0.0949. The first-order valence-electron chi connectivity index (χ1n) is 14.5. The zero-order chi connectivity index (χ0) is 32.1. The van der Waals surface area contributed by atoms with E-state index < -0.39 is 18.0 Å². The van der Waals surface area contributed by atoms with E-state index in [-0.39, 0.29) is 11.6 Å². The van der Waals surface area contributed by atoms with Crippen LogP contribution >= 0.6 is 0 Å². The van der Waals surface area contributed by atoms with Gasteiger partial charge in [-0.05, 0) is 105 Å². The zero-order valence-electron chi connectivity index (χ0n) is 25.8. The monoisotopic (exact) mass is 598 g/mol. The molecule has 0 saturated heterocycles. The van der Waals surface area contributed by atoms with E-state index in [1.54, 1.807) is 19.1 Å². The van der Waals surface area contributed by atoms with Crippen LogP contribution in [0.4, 0.5) is 22.7 Å². The fourth-order valence-electron chi connectivity index (χ4n) is 4.76. The first-order chi connectivity index (χ1) is 21.6. The van der Waals surface area contributed by atoms with Crippen molar-refractivity contribution in [2.75, 3.05) is 10.3 Å². The summed E-state index contributed by atoms with van der Waals surface area (Å²) in [6, 6.07) is 26.5. The van der Waals surface area contributed by atoms with Gasteiger partial charge in [-0.25, -0.2) is 0 Å². The lowest BCUT2D eigenvalue weighted by atomic mass is 10.0. The molecule has 0 spiro atoms. The second-order valence-corrected chi connectivity index (χ2v) is 11.0. The Morgan fingerprint density at radius 3 is 2.02 bits per heavy atom. The lowest BCUT2D eigenvalue weighted by Crippen LogP contribution is -2.31. The molecular formula is C35H34N8O2. The number of aryl methyl sites for hydroxylation is 3. The zero-order valence-corrected chi connectivity index (χ0v) is 25.8. The molecule has 1 heterocycles. The number of hydrogen-bond donors (Lipinski definition) is 2. The number of rotatable bonds is 9. The molecule has 1 aliphatic rings. The van der Waals surface area contributed by atoms with Gasteiger partial charge in [-0.1, -0.05) is 48.0 Å². The number of benzene rings is 4. The first kappa shape index (κ1) is 30.8. The third-order valence-corrected chi connectivity index (χ3v) is 7.36. The molecule has 0 aliphatic carbocycles. The van der Waals surface area contributed by atoms with E-state index in [0.717, 1.165) is 27.8 Å². The number of nitrogens with zero attached hydrogens (tertiary/aromatic N) is 6. The third kappa shape index (κ3) is 7.13. The Hall–Kier alpha value is -5.64. The molecule has 10 heteroatoms. The van der Waals surface area contributed by atoms with Crippen molar-refractivity contribution in [2.24, 2.45) is 25.6 Å². The summed E-state index contributed by atoms with van der Waals surface area (Å²) in [5.41, 5.74) is 8.12. The van der Waals surface area contributed by atoms with E-state index in [2.05, 4.69) is 30.9 Å². The fraction of sp³-hybridized carbons (Fsp3) is 0.200. The highest BCUT2D eigenvalue weighted by Gasteiger charge is 2.34. The third-order valence-electron chi connectivity index (χ3n) is 7.36. The van der Waals surface area contributed by atoms with Gasteiger partial charge in [0, 0.05) is 11.4 Å². The van der Waals surface area contributed by atoms with Crippen LogP contribution in [0, 0.1) is 26.2 Å². The van der Waals surface area contributed by atoms with Crippen molar-refractivity contribution in [3.8, 4) is 11.1 Å². The summed E-state index contributed by atoms with van der Waals surface area (Å²) in [5.74, 6) is -0.649. The summed E-state index contributed by atoms with van der Waals surface area (Å²) >= 11 is 0. The Bertz CT molecular complexity index is 1850. The maximum Gasteiger partial charge on any atom is 0.280 e. The Labute approximate surface area is 262 Å². The van der Waals surface area contributed by atoms with Crippen molar-refractivity contribution in [3.63, 3.8) is 0 Å². The van der Waals surface area contributed by atoms with Crippen molar-refractivity contribution in [3.05, 3.63) is 108 Å². The van der Waals surface area contributed by atoms with Gasteiger partial charge in [-0.15, -0.1) is 0 Å². The predicted molar refractivity (Wildman–Crippen MR) is 178 cm³/mol. The number of carbonyl (C=O) groups excluding carboxylic acids is 2. The second-order valence-electron chi connectivity index (χ2n) is 11.0. The fourth-order valence-corrected chi connectivity index (χ4v) is 4.76. The summed E-state index contributed by atoms with van der Waals surface area (Å²) in [5, 5.41) is 33.9. The van der Waals surface area contributed by atoms with Crippen LogP contribution in [-0.4, -0.2) is 35.3 Å². The van der Waals surface area contributed by atoms with E-state index in [9.17, 15) is 9.59 Å². The number of anilines is 2. The van der Waals surface area contributed by atoms with Gasteiger partial charge < -0.3 is 10.7 Å². The lowest BCUT2D eigenvalue weighted by molar-refractivity contribution is -0.118. The van der Waals surface area contributed by atoms with Crippen LogP contribution in [0.15, 0.2) is 117 Å². The van der Waals surface area contributed by atoms with E-state index in [1.807, 2.05) is 99.6 Å². The van der Waals surface area contributed by atoms with Crippen LogP contribution in [0.3, 0.4) is 0 Å². The Kier molecular flexibility index (Phi) is 9.13. The summed E-state index contributed by atoms with van der Waals surface area (Å²) < 4.78 is 0. The number of para-hydroxylation sites is 1. The number of amides is 2. The Morgan fingerprint density at radius 2 is 1.44 bits per heavy atom. The highest BCUT2D eigenvalue weighted by molar-refractivity contribution is 6.18. The van der Waals surface area contributed by atoms with Crippen LogP contribution in [0.5, 0.6) is 0 Å². The lowest BCUT2D eigenvalue weighted by Gasteiger charge is -2.12. The molecule has 2 amide bonds.